The molecule has 0 aliphatic rings. The Balaban J connectivity index is 0.00000128. The maximum atomic E-state index is 2.25. The van der Waals surface area contributed by atoms with Crippen LogP contribution in [-0.4, -0.2) is 15.2 Å². The van der Waals surface area contributed by atoms with Crippen molar-refractivity contribution in [3.05, 3.63) is 59.7 Å². The molecule has 0 bridgehead atoms. The topological polar surface area (TPSA) is 0 Å². The zero-order chi connectivity index (χ0) is 10.7. The van der Waals surface area contributed by atoms with Gasteiger partial charge in [-0.3, -0.25) is 0 Å². The first-order valence-corrected chi connectivity index (χ1v) is 6.39. The van der Waals surface area contributed by atoms with Gasteiger partial charge in [0.2, 0.25) is 0 Å². The molecule has 0 saturated heterocycles. The Labute approximate surface area is 99.2 Å². The number of aryl methyl sites for hydroxylation is 2. The predicted molar refractivity (Wildman–Crippen MR) is 68.5 cm³/mol. The van der Waals surface area contributed by atoms with Crippen LogP contribution in [0.3, 0.4) is 0 Å². The van der Waals surface area contributed by atoms with E-state index in [9.17, 15) is 0 Å². The van der Waals surface area contributed by atoms with Gasteiger partial charge in [-0.1, -0.05) is 0 Å². The van der Waals surface area contributed by atoms with Crippen molar-refractivity contribution in [3.8, 4) is 0 Å². The molecule has 0 N–H and O–H groups in total. The van der Waals surface area contributed by atoms with Crippen LogP contribution in [0.5, 0.6) is 0 Å². The van der Waals surface area contributed by atoms with Gasteiger partial charge >= 0.3 is 97.6 Å². The van der Waals surface area contributed by atoms with E-state index in [1.807, 2.05) is 0 Å². The third-order valence-electron chi connectivity index (χ3n) is 2.69. The van der Waals surface area contributed by atoms with Gasteiger partial charge < -0.3 is 1.43 Å². The average Bonchev–Trinajstić information content (AvgIpc) is 2.24. The zero-order valence-electron chi connectivity index (χ0n) is 10.2. The van der Waals surface area contributed by atoms with Crippen molar-refractivity contribution in [2.45, 2.75) is 13.8 Å². The maximum Gasteiger partial charge on any atom is -1.00 e. The Morgan fingerprint density at radius 3 is 1.53 bits per heavy atom. The molecule has 74 valence electrons. The average molecular weight is 210 g/mol. The molecule has 0 spiro atoms. The predicted octanol–water partition coefficient (Wildman–Crippen LogP) is 2.07. The van der Waals surface area contributed by atoms with Gasteiger partial charge in [0, 0.05) is 0 Å². The molecule has 15 heavy (non-hydrogen) atoms. The van der Waals surface area contributed by atoms with Crippen LogP contribution in [0.4, 0.5) is 0 Å². The van der Waals surface area contributed by atoms with Crippen LogP contribution in [0.1, 0.15) is 12.6 Å². The van der Waals surface area contributed by atoms with E-state index < -0.39 is 0 Å². The van der Waals surface area contributed by atoms with Crippen LogP contribution >= 0.6 is 0 Å². The van der Waals surface area contributed by atoms with Crippen molar-refractivity contribution in [2.75, 3.05) is 0 Å². The molecule has 1 heteroatoms. The molecule has 0 amide bonds. The van der Waals surface area contributed by atoms with E-state index in [4.69, 9.17) is 0 Å². The molecule has 0 unspecified atom stereocenters. The van der Waals surface area contributed by atoms with Gasteiger partial charge in [-0.25, -0.2) is 0 Å². The Morgan fingerprint density at radius 2 is 1.13 bits per heavy atom. The number of hydrogen-bond donors (Lipinski definition) is 0. The van der Waals surface area contributed by atoms with Crippen LogP contribution < -0.4 is 8.85 Å². The number of rotatable bonds is 2. The van der Waals surface area contributed by atoms with Crippen LogP contribution in [0.2, 0.25) is 0 Å². The minimum Gasteiger partial charge on any atom is -1.00 e. The molecule has 0 atom stereocenters. The van der Waals surface area contributed by atoms with Crippen molar-refractivity contribution in [3.63, 3.8) is 0 Å². The summed E-state index contributed by atoms with van der Waals surface area (Å²) in [6.45, 7) is 4.39. The first-order valence-electron chi connectivity index (χ1n) is 5.23. The quantitative estimate of drug-likeness (QED) is 0.666. The van der Waals surface area contributed by atoms with E-state index in [-0.39, 0.29) is 16.6 Å². The summed E-state index contributed by atoms with van der Waals surface area (Å²) >= 11 is 0.241. The standard InChI is InChI=1S/2C7H7.Al.H/c2*1-7-5-3-2-4-6-7;;/h2*2-5H,1H3;;/q;;+1;-1. The van der Waals surface area contributed by atoms with Crippen molar-refractivity contribution < 1.29 is 1.43 Å². The SMILES string of the molecule is Cc1cccc[c]1[Al+][c]1ccccc1C.[H-]. The summed E-state index contributed by atoms with van der Waals surface area (Å²) in [5.41, 5.74) is 2.83. The first-order chi connectivity index (χ1) is 7.27. The third-order valence-corrected chi connectivity index (χ3v) is 4.61. The van der Waals surface area contributed by atoms with Crippen molar-refractivity contribution in [1.29, 1.82) is 0 Å². The van der Waals surface area contributed by atoms with Gasteiger partial charge in [-0.05, 0) is 0 Å². The second-order valence-corrected chi connectivity index (χ2v) is 5.39. The molecule has 0 fully saturated rings. The van der Waals surface area contributed by atoms with Crippen LogP contribution in [-0.2, 0) is 0 Å². The fraction of sp³-hybridized carbons (Fsp3) is 0.143. The van der Waals surface area contributed by atoms with E-state index in [1.165, 1.54) is 20.0 Å². The van der Waals surface area contributed by atoms with Crippen LogP contribution in [0.25, 0.3) is 0 Å². The molecule has 0 saturated carbocycles. The van der Waals surface area contributed by atoms with Gasteiger partial charge in [0.15, 0.2) is 0 Å². The van der Waals surface area contributed by atoms with Crippen molar-refractivity contribution in [2.24, 2.45) is 0 Å². The van der Waals surface area contributed by atoms with Crippen molar-refractivity contribution in [1.82, 2.24) is 0 Å². The molecular formula is C14H15Al. The molecule has 2 aromatic rings. The van der Waals surface area contributed by atoms with E-state index in [2.05, 4.69) is 62.4 Å². The smallest absolute Gasteiger partial charge is 1.00 e. The maximum absolute atomic E-state index is 2.25. The van der Waals surface area contributed by atoms with Crippen molar-refractivity contribution >= 4 is 24.1 Å². The Bertz CT molecular complexity index is 422. The summed E-state index contributed by atoms with van der Waals surface area (Å²) in [4.78, 5) is 0. The largest absolute Gasteiger partial charge is 1.00 e. The van der Waals surface area contributed by atoms with E-state index in [1.54, 1.807) is 0 Å². The fourth-order valence-corrected chi connectivity index (χ4v) is 3.06. The summed E-state index contributed by atoms with van der Waals surface area (Å²) in [7, 11) is 0. The number of hydrogen-bond acceptors (Lipinski definition) is 0. The second-order valence-electron chi connectivity index (χ2n) is 3.86. The van der Waals surface area contributed by atoms with Crippen LogP contribution in [0, 0.1) is 13.8 Å². The minimum atomic E-state index is 0. The van der Waals surface area contributed by atoms with Gasteiger partial charge in [-0.15, -0.1) is 0 Å². The van der Waals surface area contributed by atoms with Gasteiger partial charge in [0.25, 0.3) is 0 Å². The van der Waals surface area contributed by atoms with Gasteiger partial charge in [0.05, 0.1) is 0 Å². The van der Waals surface area contributed by atoms with Gasteiger partial charge in [0.1, 0.15) is 0 Å². The Kier molecular flexibility index (Phi) is 3.26. The normalized spacial score (nSPS) is 9.73. The van der Waals surface area contributed by atoms with E-state index >= 15 is 0 Å². The first kappa shape index (κ1) is 10.5. The Morgan fingerprint density at radius 1 is 0.733 bits per heavy atom. The third kappa shape index (κ3) is 2.50. The van der Waals surface area contributed by atoms with Crippen LogP contribution in [0.15, 0.2) is 48.5 Å². The molecule has 0 nitrogen and oxygen atoms in total. The molecule has 2 aromatic carbocycles. The molecule has 0 aromatic heterocycles. The molecule has 0 aliphatic heterocycles. The molecule has 0 heterocycles. The molecule has 2 rings (SSSR count). The minimum absolute atomic E-state index is 0. The fourth-order valence-electron chi connectivity index (χ4n) is 1.67. The summed E-state index contributed by atoms with van der Waals surface area (Å²) in [6.07, 6.45) is 0. The number of benzene rings is 2. The van der Waals surface area contributed by atoms with E-state index in [0.717, 1.165) is 0 Å². The molecule has 0 radical (unpaired) electrons. The van der Waals surface area contributed by atoms with E-state index in [0.29, 0.717) is 0 Å². The zero-order valence-corrected chi connectivity index (χ0v) is 10.4. The molecule has 0 aliphatic carbocycles. The summed E-state index contributed by atoms with van der Waals surface area (Å²) in [6, 6.07) is 17.4. The second kappa shape index (κ2) is 4.66. The van der Waals surface area contributed by atoms with Gasteiger partial charge in [-0.2, -0.15) is 0 Å². The summed E-state index contributed by atoms with van der Waals surface area (Å²) < 4.78 is 3.01. The summed E-state index contributed by atoms with van der Waals surface area (Å²) in [5.74, 6) is 0. The summed E-state index contributed by atoms with van der Waals surface area (Å²) in [5, 5.41) is 0. The molecular weight excluding hydrogens is 195 g/mol. The Hall–Kier alpha value is -1.03. The monoisotopic (exact) mass is 210 g/mol.